The summed E-state index contributed by atoms with van der Waals surface area (Å²) >= 11 is 5.87. The fourth-order valence-electron chi connectivity index (χ4n) is 1.88. The highest BCUT2D eigenvalue weighted by Gasteiger charge is 2.15. The normalized spacial score (nSPS) is 18.7. The van der Waals surface area contributed by atoms with Gasteiger partial charge in [-0.3, -0.25) is 4.79 Å². The number of anilines is 1. The monoisotopic (exact) mass is 269 g/mol. The molecule has 1 aromatic rings. The van der Waals surface area contributed by atoms with Crippen molar-refractivity contribution in [3.63, 3.8) is 0 Å². The Morgan fingerprint density at radius 2 is 2.56 bits per heavy atom. The molecule has 1 atom stereocenters. The summed E-state index contributed by atoms with van der Waals surface area (Å²) in [7, 11) is 0. The fourth-order valence-corrected chi connectivity index (χ4v) is 2.03. The van der Waals surface area contributed by atoms with Crippen LogP contribution in [0.1, 0.15) is 19.8 Å². The minimum absolute atomic E-state index is 0.187. The number of carbonyl (C=O) groups is 1. The van der Waals surface area contributed by atoms with E-state index in [1.54, 1.807) is 12.3 Å². The van der Waals surface area contributed by atoms with Crippen LogP contribution in [0, 0.1) is 0 Å². The molecule has 1 aliphatic rings. The van der Waals surface area contributed by atoms with Crippen LogP contribution in [-0.2, 0) is 4.79 Å². The molecule has 1 amide bonds. The van der Waals surface area contributed by atoms with Gasteiger partial charge in [-0.1, -0.05) is 11.6 Å². The standard InChI is InChI=1S/C12H16ClN3O2/c1-8(17)16-11-5-10(6-15-12(11)13)18-7-9-3-2-4-14-9/h5-6,9,14H,2-4,7H2,1H3,(H,16,17)/t9-/m1/s1. The van der Waals surface area contributed by atoms with E-state index in [1.807, 2.05) is 0 Å². The van der Waals surface area contributed by atoms with Crippen molar-refractivity contribution in [1.82, 2.24) is 10.3 Å². The van der Waals surface area contributed by atoms with E-state index in [0.717, 1.165) is 13.0 Å². The Morgan fingerprint density at radius 1 is 1.72 bits per heavy atom. The maximum atomic E-state index is 11.0. The van der Waals surface area contributed by atoms with E-state index in [9.17, 15) is 4.79 Å². The average Bonchev–Trinajstić information content (AvgIpc) is 2.82. The number of amides is 1. The number of nitrogens with zero attached hydrogens (tertiary/aromatic N) is 1. The second-order valence-corrected chi connectivity index (χ2v) is 4.65. The van der Waals surface area contributed by atoms with Gasteiger partial charge in [0.2, 0.25) is 5.91 Å². The molecular formula is C12H16ClN3O2. The molecule has 2 rings (SSSR count). The number of ether oxygens (including phenoxy) is 1. The van der Waals surface area contributed by atoms with E-state index in [-0.39, 0.29) is 11.1 Å². The Bertz CT molecular complexity index is 433. The zero-order valence-corrected chi connectivity index (χ0v) is 11.0. The van der Waals surface area contributed by atoms with Crippen LogP contribution < -0.4 is 15.4 Å². The lowest BCUT2D eigenvalue weighted by atomic mass is 10.2. The molecule has 1 aliphatic heterocycles. The Labute approximate surface area is 111 Å². The molecule has 18 heavy (non-hydrogen) atoms. The molecule has 2 heterocycles. The minimum atomic E-state index is -0.187. The highest BCUT2D eigenvalue weighted by Crippen LogP contribution is 2.24. The second kappa shape index (κ2) is 6.02. The minimum Gasteiger partial charge on any atom is -0.490 e. The number of hydrogen-bond donors (Lipinski definition) is 2. The summed E-state index contributed by atoms with van der Waals surface area (Å²) in [4.78, 5) is 15.0. The molecule has 0 unspecified atom stereocenters. The van der Waals surface area contributed by atoms with Gasteiger partial charge < -0.3 is 15.4 Å². The molecular weight excluding hydrogens is 254 g/mol. The lowest BCUT2D eigenvalue weighted by molar-refractivity contribution is -0.114. The SMILES string of the molecule is CC(=O)Nc1cc(OC[C@H]2CCCN2)cnc1Cl. The maximum Gasteiger partial charge on any atom is 0.221 e. The second-order valence-electron chi connectivity index (χ2n) is 4.29. The first kappa shape index (κ1) is 13.1. The number of nitrogens with one attached hydrogen (secondary N) is 2. The highest BCUT2D eigenvalue weighted by molar-refractivity contribution is 6.32. The molecule has 98 valence electrons. The van der Waals surface area contributed by atoms with Gasteiger partial charge in [0, 0.05) is 19.0 Å². The van der Waals surface area contributed by atoms with Gasteiger partial charge in [-0.05, 0) is 19.4 Å². The van der Waals surface area contributed by atoms with Crippen LogP contribution in [0.5, 0.6) is 5.75 Å². The van der Waals surface area contributed by atoms with Crippen LogP contribution in [-0.4, -0.2) is 30.1 Å². The largest absolute Gasteiger partial charge is 0.490 e. The topological polar surface area (TPSA) is 63.2 Å². The Balaban J connectivity index is 1.97. The van der Waals surface area contributed by atoms with Crippen LogP contribution in [0.3, 0.4) is 0 Å². The predicted octanol–water partition coefficient (Wildman–Crippen LogP) is 1.82. The zero-order chi connectivity index (χ0) is 13.0. The molecule has 0 bridgehead atoms. The number of hydrogen-bond acceptors (Lipinski definition) is 4. The predicted molar refractivity (Wildman–Crippen MR) is 70.1 cm³/mol. The molecule has 0 aromatic carbocycles. The number of halogens is 1. The summed E-state index contributed by atoms with van der Waals surface area (Å²) < 4.78 is 5.63. The molecule has 1 aromatic heterocycles. The summed E-state index contributed by atoms with van der Waals surface area (Å²) in [5.41, 5.74) is 0.473. The summed E-state index contributed by atoms with van der Waals surface area (Å²) in [6, 6.07) is 2.08. The maximum absolute atomic E-state index is 11.0. The van der Waals surface area contributed by atoms with Crippen molar-refractivity contribution in [1.29, 1.82) is 0 Å². The van der Waals surface area contributed by atoms with Gasteiger partial charge in [-0.15, -0.1) is 0 Å². The molecule has 0 spiro atoms. The lowest BCUT2D eigenvalue weighted by Crippen LogP contribution is -2.28. The van der Waals surface area contributed by atoms with Crippen molar-refractivity contribution in [2.45, 2.75) is 25.8 Å². The number of carbonyl (C=O) groups excluding carboxylic acids is 1. The van der Waals surface area contributed by atoms with E-state index < -0.39 is 0 Å². The number of pyridine rings is 1. The van der Waals surface area contributed by atoms with Crippen LogP contribution in [0.25, 0.3) is 0 Å². The van der Waals surface area contributed by atoms with Crippen LogP contribution in [0.2, 0.25) is 5.15 Å². The lowest BCUT2D eigenvalue weighted by Gasteiger charge is -2.13. The average molecular weight is 270 g/mol. The summed E-state index contributed by atoms with van der Waals surface area (Å²) in [5.74, 6) is 0.421. The third kappa shape index (κ3) is 3.58. The Morgan fingerprint density at radius 3 is 3.22 bits per heavy atom. The fraction of sp³-hybridized carbons (Fsp3) is 0.500. The molecule has 5 nitrogen and oxygen atoms in total. The Hall–Kier alpha value is -1.33. The van der Waals surface area contributed by atoms with Gasteiger partial charge in [0.1, 0.15) is 12.4 Å². The highest BCUT2D eigenvalue weighted by atomic mass is 35.5. The van der Waals surface area contributed by atoms with Gasteiger partial charge in [0.05, 0.1) is 11.9 Å². The van der Waals surface area contributed by atoms with E-state index in [1.165, 1.54) is 13.3 Å². The summed E-state index contributed by atoms with van der Waals surface area (Å²) in [5, 5.41) is 6.22. The van der Waals surface area contributed by atoms with E-state index in [4.69, 9.17) is 16.3 Å². The first-order chi connectivity index (χ1) is 8.65. The molecule has 0 saturated carbocycles. The van der Waals surface area contributed by atoms with Crippen molar-refractivity contribution in [2.75, 3.05) is 18.5 Å². The number of rotatable bonds is 4. The number of aromatic nitrogens is 1. The first-order valence-electron chi connectivity index (χ1n) is 5.94. The van der Waals surface area contributed by atoms with Crippen molar-refractivity contribution in [3.05, 3.63) is 17.4 Å². The molecule has 2 N–H and O–H groups in total. The van der Waals surface area contributed by atoms with E-state index in [0.29, 0.717) is 24.1 Å². The van der Waals surface area contributed by atoms with Crippen molar-refractivity contribution >= 4 is 23.2 Å². The van der Waals surface area contributed by atoms with Gasteiger partial charge in [-0.25, -0.2) is 4.98 Å². The van der Waals surface area contributed by atoms with Crippen LogP contribution in [0.4, 0.5) is 5.69 Å². The molecule has 6 heteroatoms. The smallest absolute Gasteiger partial charge is 0.221 e. The van der Waals surface area contributed by atoms with Gasteiger partial charge >= 0.3 is 0 Å². The zero-order valence-electron chi connectivity index (χ0n) is 10.2. The van der Waals surface area contributed by atoms with Crippen molar-refractivity contribution in [3.8, 4) is 5.75 Å². The van der Waals surface area contributed by atoms with E-state index >= 15 is 0 Å². The molecule has 0 aliphatic carbocycles. The summed E-state index contributed by atoms with van der Waals surface area (Å²) in [6.45, 7) is 3.07. The van der Waals surface area contributed by atoms with Crippen molar-refractivity contribution < 1.29 is 9.53 Å². The van der Waals surface area contributed by atoms with Crippen LogP contribution >= 0.6 is 11.6 Å². The quantitative estimate of drug-likeness (QED) is 0.819. The van der Waals surface area contributed by atoms with Gasteiger partial charge in [0.15, 0.2) is 5.15 Å². The van der Waals surface area contributed by atoms with Crippen molar-refractivity contribution in [2.24, 2.45) is 0 Å². The third-order valence-corrected chi connectivity index (χ3v) is 3.04. The first-order valence-corrected chi connectivity index (χ1v) is 6.32. The van der Waals surface area contributed by atoms with Crippen LogP contribution in [0.15, 0.2) is 12.3 Å². The molecule has 0 radical (unpaired) electrons. The van der Waals surface area contributed by atoms with Gasteiger partial charge in [0.25, 0.3) is 0 Å². The van der Waals surface area contributed by atoms with E-state index in [2.05, 4.69) is 15.6 Å². The molecule has 1 fully saturated rings. The Kier molecular flexibility index (Phi) is 4.38. The third-order valence-electron chi connectivity index (χ3n) is 2.74. The summed E-state index contributed by atoms with van der Waals surface area (Å²) in [6.07, 6.45) is 3.87. The molecule has 1 saturated heterocycles. The van der Waals surface area contributed by atoms with Gasteiger partial charge in [-0.2, -0.15) is 0 Å².